The van der Waals surface area contributed by atoms with Gasteiger partial charge in [-0.05, 0) is 31.3 Å². The maximum absolute atomic E-state index is 5.44. The third-order valence-electron chi connectivity index (χ3n) is 2.52. The van der Waals surface area contributed by atoms with Gasteiger partial charge in [0.25, 0.3) is 0 Å². The summed E-state index contributed by atoms with van der Waals surface area (Å²) in [6.07, 6.45) is 2.58. The monoisotopic (exact) mass is 232 g/mol. The third kappa shape index (κ3) is 2.85. The van der Waals surface area contributed by atoms with Gasteiger partial charge in [0.05, 0.1) is 12.8 Å². The van der Waals surface area contributed by atoms with Crippen molar-refractivity contribution >= 4 is 0 Å². The molecule has 0 atom stereocenters. The summed E-state index contributed by atoms with van der Waals surface area (Å²) >= 11 is 0. The van der Waals surface area contributed by atoms with E-state index >= 15 is 0 Å². The van der Waals surface area contributed by atoms with Gasteiger partial charge in [0.15, 0.2) is 0 Å². The summed E-state index contributed by atoms with van der Waals surface area (Å²) in [6, 6.07) is 7.67. The molecule has 0 amide bonds. The molecule has 0 saturated heterocycles. The number of nitrogens with one attached hydrogen (secondary N) is 1. The highest BCUT2D eigenvalue weighted by Gasteiger charge is 2.06. The number of rotatable bonds is 5. The van der Waals surface area contributed by atoms with Crippen LogP contribution in [0.1, 0.15) is 5.69 Å². The topological polar surface area (TPSA) is 47.3 Å². The van der Waals surface area contributed by atoms with E-state index in [1.807, 2.05) is 31.3 Å². The van der Waals surface area contributed by atoms with Crippen LogP contribution in [0, 0.1) is 0 Å². The van der Waals surface area contributed by atoms with Crippen LogP contribution in [0.3, 0.4) is 0 Å². The molecule has 0 saturated carbocycles. The minimum atomic E-state index is 0.652. The van der Waals surface area contributed by atoms with Gasteiger partial charge >= 0.3 is 0 Å². The number of oxazole rings is 1. The Kier molecular flexibility index (Phi) is 3.77. The fourth-order valence-electron chi connectivity index (χ4n) is 1.54. The maximum atomic E-state index is 5.44. The van der Waals surface area contributed by atoms with Crippen LogP contribution in [-0.4, -0.2) is 25.7 Å². The second-order valence-corrected chi connectivity index (χ2v) is 3.73. The van der Waals surface area contributed by atoms with Gasteiger partial charge in [-0.1, -0.05) is 0 Å². The van der Waals surface area contributed by atoms with Crippen LogP contribution >= 0.6 is 0 Å². The quantitative estimate of drug-likeness (QED) is 0.857. The molecule has 2 aromatic rings. The first-order valence-corrected chi connectivity index (χ1v) is 5.57. The maximum Gasteiger partial charge on any atom is 0.226 e. The lowest BCUT2D eigenvalue weighted by Crippen LogP contribution is -2.10. The van der Waals surface area contributed by atoms with Crippen LogP contribution in [-0.2, 0) is 6.42 Å². The largest absolute Gasteiger partial charge is 0.497 e. The van der Waals surface area contributed by atoms with Gasteiger partial charge in [-0.15, -0.1) is 0 Å². The Morgan fingerprint density at radius 3 is 2.71 bits per heavy atom. The fraction of sp³-hybridized carbons (Fsp3) is 0.308. The van der Waals surface area contributed by atoms with E-state index in [2.05, 4.69) is 10.3 Å². The molecule has 4 heteroatoms. The number of nitrogens with zero attached hydrogens (tertiary/aromatic N) is 1. The second-order valence-electron chi connectivity index (χ2n) is 3.73. The van der Waals surface area contributed by atoms with Crippen LogP contribution in [0.2, 0.25) is 0 Å². The van der Waals surface area contributed by atoms with E-state index in [0.29, 0.717) is 5.89 Å². The highest BCUT2D eigenvalue weighted by Crippen LogP contribution is 2.21. The van der Waals surface area contributed by atoms with Crippen molar-refractivity contribution in [1.82, 2.24) is 10.3 Å². The molecule has 1 heterocycles. The fourth-order valence-corrected chi connectivity index (χ4v) is 1.54. The van der Waals surface area contributed by atoms with Gasteiger partial charge in [-0.25, -0.2) is 4.98 Å². The van der Waals surface area contributed by atoms with E-state index in [4.69, 9.17) is 9.15 Å². The molecule has 1 N–H and O–H groups in total. The summed E-state index contributed by atoms with van der Waals surface area (Å²) < 4.78 is 10.5. The first kappa shape index (κ1) is 11.7. The average molecular weight is 232 g/mol. The van der Waals surface area contributed by atoms with Gasteiger partial charge in [0.2, 0.25) is 5.89 Å². The molecule has 0 aliphatic rings. The highest BCUT2D eigenvalue weighted by atomic mass is 16.5. The van der Waals surface area contributed by atoms with E-state index in [9.17, 15) is 0 Å². The zero-order valence-corrected chi connectivity index (χ0v) is 10.1. The first-order chi connectivity index (χ1) is 8.33. The molecule has 1 aromatic carbocycles. The molecule has 90 valence electrons. The lowest BCUT2D eigenvalue weighted by Gasteiger charge is -1.99. The summed E-state index contributed by atoms with van der Waals surface area (Å²) in [6.45, 7) is 0.897. The lowest BCUT2D eigenvalue weighted by atomic mass is 10.2. The number of ether oxygens (including phenoxy) is 1. The zero-order valence-electron chi connectivity index (χ0n) is 10.1. The molecule has 0 spiro atoms. The Balaban J connectivity index is 2.12. The molecule has 0 unspecified atom stereocenters. The van der Waals surface area contributed by atoms with Crippen molar-refractivity contribution in [2.75, 3.05) is 20.7 Å². The SMILES string of the molecule is CNCCc1coc(-c2ccc(OC)cc2)n1. The van der Waals surface area contributed by atoms with E-state index in [-0.39, 0.29) is 0 Å². The summed E-state index contributed by atoms with van der Waals surface area (Å²) in [7, 11) is 3.57. The van der Waals surface area contributed by atoms with Crippen molar-refractivity contribution < 1.29 is 9.15 Å². The third-order valence-corrected chi connectivity index (χ3v) is 2.52. The van der Waals surface area contributed by atoms with Gasteiger partial charge < -0.3 is 14.5 Å². The molecule has 4 nitrogen and oxygen atoms in total. The van der Waals surface area contributed by atoms with Crippen LogP contribution in [0.25, 0.3) is 11.5 Å². The predicted molar refractivity (Wildman–Crippen MR) is 66.1 cm³/mol. The Labute approximate surface area is 101 Å². The van der Waals surface area contributed by atoms with Crippen LogP contribution < -0.4 is 10.1 Å². The predicted octanol–water partition coefficient (Wildman–Crippen LogP) is 2.11. The van der Waals surface area contributed by atoms with Crippen molar-refractivity contribution in [2.24, 2.45) is 0 Å². The molecule has 0 bridgehead atoms. The molecular formula is C13H16N2O2. The van der Waals surface area contributed by atoms with Crippen molar-refractivity contribution in [1.29, 1.82) is 0 Å². The number of hydrogen-bond donors (Lipinski definition) is 1. The van der Waals surface area contributed by atoms with Gasteiger partial charge in [-0.2, -0.15) is 0 Å². The minimum absolute atomic E-state index is 0.652. The summed E-state index contributed by atoms with van der Waals surface area (Å²) in [5, 5.41) is 3.08. The first-order valence-electron chi connectivity index (χ1n) is 5.57. The molecule has 0 aliphatic heterocycles. The van der Waals surface area contributed by atoms with Crippen LogP contribution in [0.4, 0.5) is 0 Å². The van der Waals surface area contributed by atoms with Crippen LogP contribution in [0.5, 0.6) is 5.75 Å². The van der Waals surface area contributed by atoms with Crippen molar-refractivity contribution in [3.8, 4) is 17.2 Å². The number of aromatic nitrogens is 1. The highest BCUT2D eigenvalue weighted by molar-refractivity contribution is 5.54. The van der Waals surface area contributed by atoms with Crippen LogP contribution in [0.15, 0.2) is 34.9 Å². The summed E-state index contributed by atoms with van der Waals surface area (Å²) in [4.78, 5) is 4.43. The van der Waals surface area contributed by atoms with E-state index in [1.165, 1.54) is 0 Å². The van der Waals surface area contributed by atoms with Crippen molar-refractivity contribution in [3.05, 3.63) is 36.2 Å². The molecule has 2 rings (SSSR count). The molecule has 0 radical (unpaired) electrons. The number of likely N-dealkylation sites (N-methyl/N-ethyl adjacent to an activating group) is 1. The van der Waals surface area contributed by atoms with E-state index in [0.717, 1.165) is 30.0 Å². The minimum Gasteiger partial charge on any atom is -0.497 e. The van der Waals surface area contributed by atoms with Crippen molar-refractivity contribution in [3.63, 3.8) is 0 Å². The van der Waals surface area contributed by atoms with Gasteiger partial charge in [0, 0.05) is 18.5 Å². The lowest BCUT2D eigenvalue weighted by molar-refractivity contribution is 0.415. The Morgan fingerprint density at radius 2 is 2.06 bits per heavy atom. The normalized spacial score (nSPS) is 10.5. The zero-order chi connectivity index (χ0) is 12.1. The van der Waals surface area contributed by atoms with E-state index < -0.39 is 0 Å². The summed E-state index contributed by atoms with van der Waals surface area (Å²) in [5.41, 5.74) is 1.92. The molecular weight excluding hydrogens is 216 g/mol. The second kappa shape index (κ2) is 5.50. The Morgan fingerprint density at radius 1 is 1.29 bits per heavy atom. The van der Waals surface area contributed by atoms with Crippen molar-refractivity contribution in [2.45, 2.75) is 6.42 Å². The van der Waals surface area contributed by atoms with Gasteiger partial charge in [0.1, 0.15) is 12.0 Å². The number of hydrogen-bond acceptors (Lipinski definition) is 4. The smallest absolute Gasteiger partial charge is 0.226 e. The molecule has 17 heavy (non-hydrogen) atoms. The molecule has 1 aromatic heterocycles. The average Bonchev–Trinajstić information content (AvgIpc) is 2.85. The Hall–Kier alpha value is -1.81. The molecule has 0 aliphatic carbocycles. The summed E-state index contributed by atoms with van der Waals surface area (Å²) in [5.74, 6) is 1.48. The number of methoxy groups -OCH3 is 1. The number of benzene rings is 1. The van der Waals surface area contributed by atoms with Gasteiger partial charge in [-0.3, -0.25) is 0 Å². The molecule has 0 fully saturated rings. The van der Waals surface area contributed by atoms with E-state index in [1.54, 1.807) is 13.4 Å². The Bertz CT molecular complexity index is 463. The standard InChI is InChI=1S/C13H16N2O2/c1-14-8-7-11-9-17-13(15-11)10-3-5-12(16-2)6-4-10/h3-6,9,14H,7-8H2,1-2H3.